The van der Waals surface area contributed by atoms with Crippen LogP contribution >= 0.6 is 28.3 Å². The Kier molecular flexibility index (Phi) is 7.34. The maximum absolute atomic E-state index is 11.8. The third-order valence-electron chi connectivity index (χ3n) is 3.29. The second-order valence-electron chi connectivity index (χ2n) is 4.80. The van der Waals surface area contributed by atoms with Gasteiger partial charge in [0.05, 0.1) is 0 Å². The van der Waals surface area contributed by atoms with Crippen LogP contribution in [0, 0.1) is 0 Å². The molecule has 1 heterocycles. The molecule has 0 aromatic heterocycles. The number of benzene rings is 1. The van der Waals surface area contributed by atoms with E-state index >= 15 is 0 Å². The van der Waals surface area contributed by atoms with E-state index < -0.39 is 0 Å². The number of piperidine rings is 1. The molecule has 1 aliphatic heterocycles. The van der Waals surface area contributed by atoms with Crippen molar-refractivity contribution in [3.05, 3.63) is 28.7 Å². The summed E-state index contributed by atoms with van der Waals surface area (Å²) in [6, 6.07) is 7.98. The van der Waals surface area contributed by atoms with Crippen LogP contribution in [0.5, 0.6) is 5.75 Å². The third-order valence-corrected chi connectivity index (χ3v) is 3.82. The first kappa shape index (κ1) is 17.3. The van der Waals surface area contributed by atoms with Crippen molar-refractivity contribution in [1.29, 1.82) is 0 Å². The Morgan fingerprint density at radius 2 is 2.15 bits per heavy atom. The van der Waals surface area contributed by atoms with Gasteiger partial charge in [-0.25, -0.2) is 0 Å². The van der Waals surface area contributed by atoms with Crippen molar-refractivity contribution in [3.63, 3.8) is 0 Å². The lowest BCUT2D eigenvalue weighted by molar-refractivity contribution is -0.124. The number of nitrogens with one attached hydrogen (secondary N) is 2. The fourth-order valence-corrected chi connectivity index (χ4v) is 2.43. The molecule has 2 rings (SSSR count). The fourth-order valence-electron chi connectivity index (χ4n) is 2.17. The minimum Gasteiger partial charge on any atom is -0.484 e. The summed E-state index contributed by atoms with van der Waals surface area (Å²) in [4.78, 5) is 11.8. The average molecular weight is 364 g/mol. The number of rotatable bonds is 4. The summed E-state index contributed by atoms with van der Waals surface area (Å²) >= 11 is 3.36. The van der Waals surface area contributed by atoms with E-state index in [4.69, 9.17) is 4.74 Å². The fraction of sp³-hybridized carbons (Fsp3) is 0.500. The van der Waals surface area contributed by atoms with Gasteiger partial charge < -0.3 is 15.4 Å². The van der Waals surface area contributed by atoms with Gasteiger partial charge in [0.15, 0.2) is 6.61 Å². The lowest BCUT2D eigenvalue weighted by atomic mass is 10.00. The van der Waals surface area contributed by atoms with Crippen LogP contribution in [0.4, 0.5) is 0 Å². The zero-order valence-electron chi connectivity index (χ0n) is 11.4. The van der Waals surface area contributed by atoms with Gasteiger partial charge >= 0.3 is 0 Å². The molecule has 0 saturated carbocycles. The number of hydrogen-bond acceptors (Lipinski definition) is 3. The van der Waals surface area contributed by atoms with Crippen molar-refractivity contribution in [2.75, 3.05) is 13.2 Å². The first-order valence-corrected chi connectivity index (χ1v) is 7.35. The highest BCUT2D eigenvalue weighted by Crippen LogP contribution is 2.16. The molecule has 1 aromatic carbocycles. The van der Waals surface area contributed by atoms with Crippen LogP contribution in [0.1, 0.15) is 19.8 Å². The van der Waals surface area contributed by atoms with Crippen molar-refractivity contribution in [3.8, 4) is 5.75 Å². The minimum atomic E-state index is -0.0662. The number of hydrogen-bond donors (Lipinski definition) is 2. The van der Waals surface area contributed by atoms with Crippen LogP contribution in [-0.4, -0.2) is 31.1 Å². The largest absolute Gasteiger partial charge is 0.484 e. The predicted molar refractivity (Wildman–Crippen MR) is 85.5 cm³/mol. The maximum Gasteiger partial charge on any atom is 0.258 e. The van der Waals surface area contributed by atoms with Crippen LogP contribution in [0.2, 0.25) is 0 Å². The summed E-state index contributed by atoms with van der Waals surface area (Å²) in [7, 11) is 0. The Morgan fingerprint density at radius 1 is 1.45 bits per heavy atom. The van der Waals surface area contributed by atoms with Crippen molar-refractivity contribution < 1.29 is 9.53 Å². The zero-order chi connectivity index (χ0) is 13.7. The van der Waals surface area contributed by atoms with Crippen molar-refractivity contribution in [2.24, 2.45) is 0 Å². The molecule has 2 unspecified atom stereocenters. The monoisotopic (exact) mass is 362 g/mol. The first-order chi connectivity index (χ1) is 9.15. The highest BCUT2D eigenvalue weighted by atomic mass is 79.9. The molecule has 6 heteroatoms. The van der Waals surface area contributed by atoms with E-state index in [1.807, 2.05) is 24.3 Å². The molecule has 1 aromatic rings. The van der Waals surface area contributed by atoms with E-state index in [1.54, 1.807) is 0 Å². The highest BCUT2D eigenvalue weighted by molar-refractivity contribution is 9.10. The number of carbonyl (C=O) groups excluding carboxylic acids is 1. The van der Waals surface area contributed by atoms with Crippen molar-refractivity contribution >= 4 is 34.2 Å². The van der Waals surface area contributed by atoms with E-state index in [-0.39, 0.29) is 31.0 Å². The molecule has 1 saturated heterocycles. The topological polar surface area (TPSA) is 50.4 Å². The van der Waals surface area contributed by atoms with Gasteiger partial charge in [-0.3, -0.25) is 4.79 Å². The Morgan fingerprint density at radius 3 is 2.80 bits per heavy atom. The minimum absolute atomic E-state index is 0. The average Bonchev–Trinajstić information content (AvgIpc) is 2.41. The van der Waals surface area contributed by atoms with Crippen LogP contribution < -0.4 is 15.4 Å². The SMILES string of the molecule is CC1NCCCC1NC(=O)COc1ccc(Br)cc1.Cl. The summed E-state index contributed by atoms with van der Waals surface area (Å²) in [6.45, 7) is 3.19. The second kappa shape index (κ2) is 8.49. The molecule has 0 bridgehead atoms. The van der Waals surface area contributed by atoms with E-state index in [9.17, 15) is 4.79 Å². The molecule has 1 amide bonds. The summed E-state index contributed by atoms with van der Waals surface area (Å²) in [5, 5.41) is 6.37. The molecular formula is C14H20BrClN2O2. The lowest BCUT2D eigenvalue weighted by Gasteiger charge is -2.30. The number of amides is 1. The van der Waals surface area contributed by atoms with E-state index in [0.29, 0.717) is 11.8 Å². The molecule has 2 atom stereocenters. The number of carbonyl (C=O) groups is 1. The van der Waals surface area contributed by atoms with Gasteiger partial charge in [0.25, 0.3) is 5.91 Å². The molecule has 20 heavy (non-hydrogen) atoms. The second-order valence-corrected chi connectivity index (χ2v) is 5.72. The molecule has 0 radical (unpaired) electrons. The predicted octanol–water partition coefficient (Wildman–Crippen LogP) is 2.51. The summed E-state index contributed by atoms with van der Waals surface area (Å²) < 4.78 is 6.44. The molecule has 0 spiro atoms. The smallest absolute Gasteiger partial charge is 0.258 e. The summed E-state index contributed by atoms with van der Waals surface area (Å²) in [5.41, 5.74) is 0. The quantitative estimate of drug-likeness (QED) is 0.864. The highest BCUT2D eigenvalue weighted by Gasteiger charge is 2.22. The normalized spacial score (nSPS) is 21.7. The number of halogens is 2. The van der Waals surface area contributed by atoms with Gasteiger partial charge in [-0.1, -0.05) is 15.9 Å². The van der Waals surface area contributed by atoms with Gasteiger partial charge in [-0.15, -0.1) is 12.4 Å². The lowest BCUT2D eigenvalue weighted by Crippen LogP contribution is -2.52. The van der Waals surface area contributed by atoms with E-state index in [0.717, 1.165) is 23.9 Å². The molecule has 112 valence electrons. The van der Waals surface area contributed by atoms with Crippen molar-refractivity contribution in [1.82, 2.24) is 10.6 Å². The molecule has 4 nitrogen and oxygen atoms in total. The van der Waals surface area contributed by atoms with Crippen LogP contribution in [-0.2, 0) is 4.79 Å². The van der Waals surface area contributed by atoms with Crippen LogP contribution in [0.25, 0.3) is 0 Å². The third kappa shape index (κ3) is 5.31. The first-order valence-electron chi connectivity index (χ1n) is 6.56. The summed E-state index contributed by atoms with van der Waals surface area (Å²) in [6.07, 6.45) is 2.13. The zero-order valence-corrected chi connectivity index (χ0v) is 13.8. The van der Waals surface area contributed by atoms with Gasteiger partial charge in [-0.05, 0) is 50.6 Å². The van der Waals surface area contributed by atoms with Gasteiger partial charge in [0.2, 0.25) is 0 Å². The van der Waals surface area contributed by atoms with Crippen LogP contribution in [0.15, 0.2) is 28.7 Å². The Balaban J connectivity index is 0.00000200. The van der Waals surface area contributed by atoms with Gasteiger partial charge in [0, 0.05) is 16.6 Å². The van der Waals surface area contributed by atoms with E-state index in [2.05, 4.69) is 33.5 Å². The van der Waals surface area contributed by atoms with E-state index in [1.165, 1.54) is 0 Å². The molecular weight excluding hydrogens is 344 g/mol. The standard InChI is InChI=1S/C14H19BrN2O2.ClH/c1-10-13(3-2-8-16-10)17-14(18)9-19-12-6-4-11(15)5-7-12;/h4-7,10,13,16H,2-3,8-9H2,1H3,(H,17,18);1H. The Labute approximate surface area is 134 Å². The molecule has 0 aliphatic carbocycles. The Bertz CT molecular complexity index is 428. The Hall–Kier alpha value is -0.780. The molecule has 2 N–H and O–H groups in total. The maximum atomic E-state index is 11.8. The van der Waals surface area contributed by atoms with Crippen molar-refractivity contribution in [2.45, 2.75) is 31.8 Å². The summed E-state index contributed by atoms with van der Waals surface area (Å²) in [5.74, 6) is 0.636. The van der Waals surface area contributed by atoms with Crippen LogP contribution in [0.3, 0.4) is 0 Å². The molecule has 1 fully saturated rings. The number of ether oxygens (including phenoxy) is 1. The molecule has 1 aliphatic rings. The van der Waals surface area contributed by atoms with Gasteiger partial charge in [0.1, 0.15) is 5.75 Å². The van der Waals surface area contributed by atoms with Gasteiger partial charge in [-0.2, -0.15) is 0 Å².